The van der Waals surface area contributed by atoms with Crippen LogP contribution in [-0.2, 0) is 11.2 Å². The number of nitrogens with two attached hydrogens (primary N) is 1. The first kappa shape index (κ1) is 12.1. The third-order valence-electron chi connectivity index (χ3n) is 2.54. The van der Waals surface area contributed by atoms with Crippen molar-refractivity contribution in [2.45, 2.75) is 31.9 Å². The molecule has 0 bridgehead atoms. The third kappa shape index (κ3) is 3.61. The van der Waals surface area contributed by atoms with E-state index >= 15 is 0 Å². The minimum Gasteiger partial charge on any atom is -0.380 e. The fourth-order valence-electron chi connectivity index (χ4n) is 1.71. The zero-order chi connectivity index (χ0) is 11.3. The highest BCUT2D eigenvalue weighted by Crippen LogP contribution is 2.10. The van der Waals surface area contributed by atoms with Gasteiger partial charge < -0.3 is 10.5 Å². The Morgan fingerprint density at radius 1 is 1.47 bits per heavy atom. The molecule has 0 aliphatic rings. The quantitative estimate of drug-likeness (QED) is 0.809. The van der Waals surface area contributed by atoms with Crippen molar-refractivity contribution in [1.29, 1.82) is 0 Å². The van der Waals surface area contributed by atoms with E-state index in [-0.39, 0.29) is 18.0 Å². The Kier molecular flexibility index (Phi) is 4.72. The van der Waals surface area contributed by atoms with Crippen molar-refractivity contribution in [3.05, 3.63) is 35.6 Å². The lowest BCUT2D eigenvalue weighted by atomic mass is 10.0. The number of hydrogen-bond acceptors (Lipinski definition) is 2. The Labute approximate surface area is 90.2 Å². The lowest BCUT2D eigenvalue weighted by Gasteiger charge is -2.21. The van der Waals surface area contributed by atoms with Crippen LogP contribution in [0.25, 0.3) is 0 Å². The van der Waals surface area contributed by atoms with Crippen molar-refractivity contribution in [3.8, 4) is 0 Å². The summed E-state index contributed by atoms with van der Waals surface area (Å²) >= 11 is 0. The molecule has 84 valence electrons. The van der Waals surface area contributed by atoms with E-state index < -0.39 is 0 Å². The van der Waals surface area contributed by atoms with Crippen LogP contribution >= 0.6 is 0 Å². The molecular weight excluding hydrogens is 193 g/mol. The second-order valence-corrected chi connectivity index (χ2v) is 3.68. The standard InChI is InChI=1S/C12H18FNO/c1-3-12(15-2)11(14)8-9-5-4-6-10(13)7-9/h4-7,11-12H,3,8,14H2,1-2H3. The molecule has 0 radical (unpaired) electrons. The van der Waals surface area contributed by atoms with Crippen LogP contribution in [-0.4, -0.2) is 19.3 Å². The highest BCUT2D eigenvalue weighted by Gasteiger charge is 2.15. The summed E-state index contributed by atoms with van der Waals surface area (Å²) in [4.78, 5) is 0. The van der Waals surface area contributed by atoms with Crippen LogP contribution < -0.4 is 5.73 Å². The van der Waals surface area contributed by atoms with Crippen molar-refractivity contribution in [2.24, 2.45) is 5.73 Å². The number of ether oxygens (including phenoxy) is 1. The monoisotopic (exact) mass is 211 g/mol. The molecule has 1 rings (SSSR count). The molecule has 2 unspecified atom stereocenters. The first-order valence-corrected chi connectivity index (χ1v) is 5.20. The van der Waals surface area contributed by atoms with E-state index in [1.54, 1.807) is 13.2 Å². The summed E-state index contributed by atoms with van der Waals surface area (Å²) in [5.74, 6) is -0.217. The highest BCUT2D eigenvalue weighted by atomic mass is 19.1. The maximum absolute atomic E-state index is 12.9. The van der Waals surface area contributed by atoms with Crippen LogP contribution in [0.3, 0.4) is 0 Å². The molecule has 2 atom stereocenters. The lowest BCUT2D eigenvalue weighted by molar-refractivity contribution is 0.0773. The van der Waals surface area contributed by atoms with E-state index in [1.165, 1.54) is 12.1 Å². The van der Waals surface area contributed by atoms with Gasteiger partial charge in [-0.15, -0.1) is 0 Å². The Morgan fingerprint density at radius 2 is 2.20 bits per heavy atom. The molecule has 1 aromatic carbocycles. The Bertz CT molecular complexity index is 299. The van der Waals surface area contributed by atoms with Gasteiger partial charge in [0.25, 0.3) is 0 Å². The van der Waals surface area contributed by atoms with Gasteiger partial charge in [0, 0.05) is 13.2 Å². The number of halogens is 1. The van der Waals surface area contributed by atoms with Crippen LogP contribution in [0, 0.1) is 5.82 Å². The molecule has 0 saturated carbocycles. The molecule has 0 fully saturated rings. The fourth-order valence-corrected chi connectivity index (χ4v) is 1.71. The molecule has 0 saturated heterocycles. The van der Waals surface area contributed by atoms with E-state index in [2.05, 4.69) is 0 Å². The summed E-state index contributed by atoms with van der Waals surface area (Å²) in [5, 5.41) is 0. The lowest BCUT2D eigenvalue weighted by Crippen LogP contribution is -2.37. The molecule has 3 heteroatoms. The predicted molar refractivity (Wildman–Crippen MR) is 59.2 cm³/mol. The van der Waals surface area contributed by atoms with E-state index in [4.69, 9.17) is 10.5 Å². The van der Waals surface area contributed by atoms with Crippen molar-refractivity contribution >= 4 is 0 Å². The second kappa shape index (κ2) is 5.83. The first-order valence-electron chi connectivity index (χ1n) is 5.20. The fraction of sp³-hybridized carbons (Fsp3) is 0.500. The number of methoxy groups -OCH3 is 1. The highest BCUT2D eigenvalue weighted by molar-refractivity contribution is 5.17. The van der Waals surface area contributed by atoms with Gasteiger partial charge in [0.2, 0.25) is 0 Å². The summed E-state index contributed by atoms with van der Waals surface area (Å²) < 4.78 is 18.2. The van der Waals surface area contributed by atoms with Gasteiger partial charge in [0.05, 0.1) is 6.10 Å². The van der Waals surface area contributed by atoms with Crippen LogP contribution in [0.1, 0.15) is 18.9 Å². The topological polar surface area (TPSA) is 35.2 Å². The van der Waals surface area contributed by atoms with E-state index in [0.29, 0.717) is 6.42 Å². The molecule has 2 nitrogen and oxygen atoms in total. The molecular formula is C12H18FNO. The van der Waals surface area contributed by atoms with Gasteiger partial charge >= 0.3 is 0 Å². The molecule has 0 amide bonds. The second-order valence-electron chi connectivity index (χ2n) is 3.68. The maximum Gasteiger partial charge on any atom is 0.123 e. The number of benzene rings is 1. The molecule has 1 aromatic rings. The van der Waals surface area contributed by atoms with E-state index in [0.717, 1.165) is 12.0 Å². The zero-order valence-corrected chi connectivity index (χ0v) is 9.24. The molecule has 15 heavy (non-hydrogen) atoms. The van der Waals surface area contributed by atoms with Gasteiger partial charge in [0.15, 0.2) is 0 Å². The van der Waals surface area contributed by atoms with Crippen LogP contribution in [0.15, 0.2) is 24.3 Å². The smallest absolute Gasteiger partial charge is 0.123 e. The normalized spacial score (nSPS) is 14.9. The zero-order valence-electron chi connectivity index (χ0n) is 9.24. The van der Waals surface area contributed by atoms with Crippen LogP contribution in [0.2, 0.25) is 0 Å². The predicted octanol–water partition coefficient (Wildman–Crippen LogP) is 2.12. The van der Waals surface area contributed by atoms with Gasteiger partial charge in [-0.25, -0.2) is 4.39 Å². The third-order valence-corrected chi connectivity index (χ3v) is 2.54. The molecule has 0 aliphatic carbocycles. The van der Waals surface area contributed by atoms with Crippen LogP contribution in [0.5, 0.6) is 0 Å². The molecule has 0 heterocycles. The van der Waals surface area contributed by atoms with E-state index in [9.17, 15) is 4.39 Å². The van der Waals surface area contributed by atoms with Crippen molar-refractivity contribution in [3.63, 3.8) is 0 Å². The van der Waals surface area contributed by atoms with Gasteiger partial charge in [-0.1, -0.05) is 19.1 Å². The first-order chi connectivity index (χ1) is 7.17. The Morgan fingerprint density at radius 3 is 2.73 bits per heavy atom. The molecule has 2 N–H and O–H groups in total. The largest absolute Gasteiger partial charge is 0.380 e. The van der Waals surface area contributed by atoms with E-state index in [1.807, 2.05) is 13.0 Å². The van der Waals surface area contributed by atoms with Crippen LogP contribution in [0.4, 0.5) is 4.39 Å². The Hall–Kier alpha value is -0.930. The number of hydrogen-bond donors (Lipinski definition) is 1. The summed E-state index contributed by atoms with van der Waals surface area (Å²) in [7, 11) is 1.65. The Balaban J connectivity index is 2.61. The van der Waals surface area contributed by atoms with Crippen molar-refractivity contribution in [2.75, 3.05) is 7.11 Å². The average molecular weight is 211 g/mol. The number of rotatable bonds is 5. The molecule has 0 spiro atoms. The molecule has 0 aliphatic heterocycles. The maximum atomic E-state index is 12.9. The van der Waals surface area contributed by atoms with Gasteiger partial charge in [0.1, 0.15) is 5.82 Å². The van der Waals surface area contributed by atoms with Gasteiger partial charge in [-0.3, -0.25) is 0 Å². The summed E-state index contributed by atoms with van der Waals surface area (Å²) in [6.45, 7) is 2.03. The SMILES string of the molecule is CCC(OC)C(N)Cc1cccc(F)c1. The summed E-state index contributed by atoms with van der Waals surface area (Å²) in [5.41, 5.74) is 6.89. The minimum atomic E-state index is -0.217. The van der Waals surface area contributed by atoms with Crippen molar-refractivity contribution in [1.82, 2.24) is 0 Å². The minimum absolute atomic E-state index is 0.0354. The average Bonchev–Trinajstić information content (AvgIpc) is 2.19. The van der Waals surface area contributed by atoms with Gasteiger partial charge in [-0.2, -0.15) is 0 Å². The molecule has 0 aromatic heterocycles. The van der Waals surface area contributed by atoms with Crippen molar-refractivity contribution < 1.29 is 9.13 Å². The van der Waals surface area contributed by atoms with Gasteiger partial charge in [-0.05, 0) is 30.5 Å². The summed E-state index contributed by atoms with van der Waals surface area (Å²) in [6.07, 6.45) is 1.55. The summed E-state index contributed by atoms with van der Waals surface area (Å²) in [6, 6.07) is 6.45.